The van der Waals surface area contributed by atoms with E-state index in [0.29, 0.717) is 36.7 Å². The lowest BCUT2D eigenvalue weighted by Crippen LogP contribution is -2.31. The smallest absolute Gasteiger partial charge is 0.321 e. The van der Waals surface area contributed by atoms with Crippen LogP contribution in [0, 0.1) is 13.8 Å². The zero-order valence-electron chi connectivity index (χ0n) is 18.5. The molecule has 0 spiro atoms. The first-order valence-corrected chi connectivity index (χ1v) is 12.0. The number of nitrogens with zero attached hydrogens (tertiary/aromatic N) is 1. The highest BCUT2D eigenvalue weighted by Crippen LogP contribution is 2.31. The summed E-state index contributed by atoms with van der Waals surface area (Å²) < 4.78 is 45.3. The van der Waals surface area contributed by atoms with Crippen molar-refractivity contribution in [2.24, 2.45) is 0 Å². The Morgan fingerprint density at radius 3 is 2.56 bits per heavy atom. The van der Waals surface area contributed by atoms with Crippen LogP contribution in [0.1, 0.15) is 41.5 Å². The first kappa shape index (κ1) is 23.8. The highest BCUT2D eigenvalue weighted by atomic mass is 32.2. The Kier molecular flexibility index (Phi) is 7.57. The summed E-state index contributed by atoms with van der Waals surface area (Å²) >= 11 is 0. The molecule has 2 aromatic rings. The van der Waals surface area contributed by atoms with Crippen LogP contribution in [-0.4, -0.2) is 51.1 Å². The van der Waals surface area contributed by atoms with Crippen LogP contribution in [0.15, 0.2) is 29.2 Å². The molecule has 0 bridgehead atoms. The Labute approximate surface area is 187 Å². The average molecular weight is 465 g/mol. The number of hydrogen-bond acceptors (Lipinski definition) is 7. The molecule has 174 valence electrons. The largest absolute Gasteiger partial charge is 0.490 e. The summed E-state index contributed by atoms with van der Waals surface area (Å²) in [6.07, 6.45) is 1.63. The van der Waals surface area contributed by atoms with Crippen LogP contribution < -0.4 is 14.2 Å². The molecule has 0 saturated carbocycles. The van der Waals surface area contributed by atoms with Gasteiger partial charge < -0.3 is 18.8 Å². The number of esters is 1. The molecule has 1 N–H and O–H groups in total. The number of hydrogen-bond donors (Lipinski definition) is 1. The topological polar surface area (TPSA) is 113 Å². The Morgan fingerprint density at radius 1 is 1.12 bits per heavy atom. The molecule has 10 heteroatoms. The predicted molar refractivity (Wildman–Crippen MR) is 117 cm³/mol. The fraction of sp³-hybridized carbons (Fsp3) is 0.455. The molecule has 32 heavy (non-hydrogen) atoms. The molecule has 0 fully saturated rings. The summed E-state index contributed by atoms with van der Waals surface area (Å²) in [7, 11) is -3.98. The molecule has 1 aromatic heterocycles. The quantitative estimate of drug-likeness (QED) is 0.448. The van der Waals surface area contributed by atoms with Crippen molar-refractivity contribution < 1.29 is 32.2 Å². The molecule has 0 atom stereocenters. The normalized spacial score (nSPS) is 13.5. The molecule has 0 unspecified atom stereocenters. The lowest BCUT2D eigenvalue weighted by Gasteiger charge is -2.11. The number of ketones is 1. The van der Waals surface area contributed by atoms with E-state index in [2.05, 4.69) is 11.6 Å². The van der Waals surface area contributed by atoms with Gasteiger partial charge in [0.25, 0.3) is 0 Å². The second-order valence-electron chi connectivity index (χ2n) is 7.50. The third kappa shape index (κ3) is 5.49. The maximum atomic E-state index is 12.5. The van der Waals surface area contributed by atoms with Gasteiger partial charge in [-0.15, -0.1) is 0 Å². The van der Waals surface area contributed by atoms with E-state index in [9.17, 15) is 18.0 Å². The SMILES string of the molecule is CCCn1c(C)cc(C(=O)COC(=O)CNS(=O)(=O)c2ccc3c(c2)OCCCO3)c1C. The summed E-state index contributed by atoms with van der Waals surface area (Å²) in [5.74, 6) is -0.380. The van der Waals surface area contributed by atoms with Crippen molar-refractivity contribution >= 4 is 21.8 Å². The first-order chi connectivity index (χ1) is 15.2. The molecular weight excluding hydrogens is 436 g/mol. The molecule has 3 rings (SSSR count). The van der Waals surface area contributed by atoms with Crippen molar-refractivity contribution in [3.63, 3.8) is 0 Å². The van der Waals surface area contributed by atoms with Gasteiger partial charge in [0.05, 0.1) is 18.1 Å². The minimum absolute atomic E-state index is 0.0611. The number of sulfonamides is 1. The fourth-order valence-corrected chi connectivity index (χ4v) is 4.46. The minimum atomic E-state index is -3.98. The molecule has 0 amide bonds. The van der Waals surface area contributed by atoms with Gasteiger partial charge in [0.1, 0.15) is 6.54 Å². The molecular formula is C22H28N2O7S. The number of carbonyl (C=O) groups is 2. The van der Waals surface area contributed by atoms with Crippen molar-refractivity contribution in [2.45, 2.75) is 45.1 Å². The van der Waals surface area contributed by atoms with Crippen molar-refractivity contribution in [2.75, 3.05) is 26.4 Å². The van der Waals surface area contributed by atoms with E-state index in [1.165, 1.54) is 18.2 Å². The average Bonchev–Trinajstić information content (AvgIpc) is 2.94. The highest BCUT2D eigenvalue weighted by molar-refractivity contribution is 7.89. The van der Waals surface area contributed by atoms with E-state index in [1.54, 1.807) is 6.07 Å². The predicted octanol–water partition coefficient (Wildman–Crippen LogP) is 2.38. The van der Waals surface area contributed by atoms with Gasteiger partial charge in [0.15, 0.2) is 18.1 Å². The van der Waals surface area contributed by atoms with Crippen LogP contribution in [0.4, 0.5) is 0 Å². The van der Waals surface area contributed by atoms with Crippen LogP contribution in [0.25, 0.3) is 0 Å². The number of carbonyl (C=O) groups excluding carboxylic acids is 2. The molecule has 1 aromatic carbocycles. The Hall–Kier alpha value is -2.85. The van der Waals surface area contributed by atoms with Gasteiger partial charge in [-0.05, 0) is 38.5 Å². The molecule has 0 aliphatic carbocycles. The molecule has 0 saturated heterocycles. The minimum Gasteiger partial charge on any atom is -0.490 e. The second-order valence-corrected chi connectivity index (χ2v) is 9.27. The third-order valence-electron chi connectivity index (χ3n) is 5.12. The van der Waals surface area contributed by atoms with Gasteiger partial charge in [-0.3, -0.25) is 9.59 Å². The van der Waals surface area contributed by atoms with E-state index in [-0.39, 0.29) is 10.7 Å². The van der Waals surface area contributed by atoms with Crippen molar-refractivity contribution in [1.29, 1.82) is 0 Å². The zero-order chi connectivity index (χ0) is 23.3. The maximum absolute atomic E-state index is 12.5. The van der Waals surface area contributed by atoms with Gasteiger partial charge in [-0.25, -0.2) is 8.42 Å². The molecule has 2 heterocycles. The van der Waals surface area contributed by atoms with Crippen LogP contribution >= 0.6 is 0 Å². The van der Waals surface area contributed by atoms with Crippen molar-refractivity contribution in [3.8, 4) is 11.5 Å². The molecule has 0 radical (unpaired) electrons. The number of ether oxygens (including phenoxy) is 3. The summed E-state index contributed by atoms with van der Waals surface area (Å²) in [5.41, 5.74) is 2.28. The van der Waals surface area contributed by atoms with Crippen LogP contribution in [0.2, 0.25) is 0 Å². The van der Waals surface area contributed by atoms with Gasteiger partial charge in [-0.2, -0.15) is 4.72 Å². The number of aromatic nitrogens is 1. The van der Waals surface area contributed by atoms with Gasteiger partial charge in [-0.1, -0.05) is 6.92 Å². The number of rotatable bonds is 9. The van der Waals surface area contributed by atoms with E-state index >= 15 is 0 Å². The lowest BCUT2D eigenvalue weighted by atomic mass is 10.1. The maximum Gasteiger partial charge on any atom is 0.321 e. The van der Waals surface area contributed by atoms with Crippen molar-refractivity contribution in [3.05, 3.63) is 41.2 Å². The standard InChI is InChI=1S/C22H28N2O7S/c1-4-8-24-15(2)11-18(16(24)3)19(25)14-31-22(26)13-23-32(27,28)17-6-7-20-21(12-17)30-10-5-9-29-20/h6-7,11-12,23H,4-5,8-10,13-14H2,1-3H3. The zero-order valence-corrected chi connectivity index (χ0v) is 19.3. The van der Waals surface area contributed by atoms with Gasteiger partial charge in [0.2, 0.25) is 15.8 Å². The van der Waals surface area contributed by atoms with Crippen LogP contribution in [0.5, 0.6) is 11.5 Å². The molecule has 1 aliphatic rings. The van der Waals surface area contributed by atoms with Crippen molar-refractivity contribution in [1.82, 2.24) is 9.29 Å². The highest BCUT2D eigenvalue weighted by Gasteiger charge is 2.21. The number of Topliss-reactive ketones (excluding diaryl/α,β-unsaturated/α-hetero) is 1. The Balaban J connectivity index is 1.56. The molecule has 9 nitrogen and oxygen atoms in total. The van der Waals surface area contributed by atoms with Gasteiger partial charge in [0, 0.05) is 36.0 Å². The number of benzene rings is 1. The summed E-state index contributed by atoms with van der Waals surface area (Å²) in [6.45, 7) is 6.47. The lowest BCUT2D eigenvalue weighted by molar-refractivity contribution is -0.141. The Morgan fingerprint density at radius 2 is 1.84 bits per heavy atom. The second kappa shape index (κ2) is 10.2. The number of aryl methyl sites for hydroxylation is 1. The summed E-state index contributed by atoms with van der Waals surface area (Å²) in [6, 6.07) is 6.01. The fourth-order valence-electron chi connectivity index (χ4n) is 3.47. The van der Waals surface area contributed by atoms with Gasteiger partial charge >= 0.3 is 5.97 Å². The summed E-state index contributed by atoms with van der Waals surface area (Å²) in [4.78, 5) is 24.5. The Bertz CT molecular complexity index is 1110. The monoisotopic (exact) mass is 464 g/mol. The third-order valence-corrected chi connectivity index (χ3v) is 6.52. The van der Waals surface area contributed by atoms with E-state index in [1.807, 2.05) is 18.4 Å². The number of nitrogens with one attached hydrogen (secondary N) is 1. The molecule has 1 aliphatic heterocycles. The first-order valence-electron chi connectivity index (χ1n) is 10.5. The number of fused-ring (bicyclic) bond motifs is 1. The van der Waals surface area contributed by atoms with Crippen LogP contribution in [0.3, 0.4) is 0 Å². The van der Waals surface area contributed by atoms with Crippen LogP contribution in [-0.2, 0) is 26.1 Å². The van der Waals surface area contributed by atoms with E-state index in [4.69, 9.17) is 14.2 Å². The van der Waals surface area contributed by atoms with E-state index in [0.717, 1.165) is 24.4 Å². The van der Waals surface area contributed by atoms with E-state index < -0.39 is 29.1 Å². The summed E-state index contributed by atoms with van der Waals surface area (Å²) in [5, 5.41) is 0.